The Balaban J connectivity index is 3.31. The van der Waals surface area contributed by atoms with Crippen LogP contribution in [0.5, 0.6) is 0 Å². The van der Waals surface area contributed by atoms with Gasteiger partial charge in [-0.05, 0) is 25.7 Å². The number of unbranched alkanes of at least 4 members (excludes halogenated alkanes) is 5. The third kappa shape index (κ3) is 9.53. The fraction of sp³-hybridized carbons (Fsp3) is 0.786. The van der Waals surface area contributed by atoms with E-state index in [4.69, 9.17) is 5.26 Å². The zero-order chi connectivity index (χ0) is 11.4. The minimum atomic E-state index is 0.310. The van der Waals surface area contributed by atoms with E-state index in [0.29, 0.717) is 5.92 Å². The topological polar surface area (TPSA) is 23.8 Å². The van der Waals surface area contributed by atoms with E-state index in [1.54, 1.807) is 0 Å². The fourth-order valence-corrected chi connectivity index (χ4v) is 1.76. The van der Waals surface area contributed by atoms with Crippen molar-refractivity contribution in [3.05, 3.63) is 12.7 Å². The van der Waals surface area contributed by atoms with E-state index in [1.807, 2.05) is 6.08 Å². The summed E-state index contributed by atoms with van der Waals surface area (Å²) in [4.78, 5) is 0. The zero-order valence-corrected chi connectivity index (χ0v) is 10.2. The molecule has 0 N–H and O–H groups in total. The Labute approximate surface area is 95.2 Å². The summed E-state index contributed by atoms with van der Waals surface area (Å²) >= 11 is 0. The molecule has 0 saturated heterocycles. The van der Waals surface area contributed by atoms with Crippen LogP contribution in [-0.2, 0) is 0 Å². The maximum absolute atomic E-state index is 8.93. The Bertz CT molecular complexity index is 178. The molecule has 0 radical (unpaired) electrons. The third-order valence-corrected chi connectivity index (χ3v) is 2.80. The van der Waals surface area contributed by atoms with Gasteiger partial charge in [0.2, 0.25) is 0 Å². The van der Waals surface area contributed by atoms with Gasteiger partial charge in [-0.15, -0.1) is 6.58 Å². The standard InChI is InChI=1S/C14H25N/c1-3-5-7-8-9-10-12-14(13-15)11-6-4-2/h3,14H,1,4-12H2,2H3. The van der Waals surface area contributed by atoms with Crippen LogP contribution in [0.3, 0.4) is 0 Å². The SMILES string of the molecule is C=CCCCCCCC(C#N)CCCC. The van der Waals surface area contributed by atoms with Crippen molar-refractivity contribution in [1.29, 1.82) is 5.26 Å². The second-order valence-corrected chi connectivity index (χ2v) is 4.25. The summed E-state index contributed by atoms with van der Waals surface area (Å²) in [5.41, 5.74) is 0. The van der Waals surface area contributed by atoms with Gasteiger partial charge in [-0.3, -0.25) is 0 Å². The van der Waals surface area contributed by atoms with E-state index in [9.17, 15) is 0 Å². The molecule has 1 nitrogen and oxygen atoms in total. The molecule has 0 saturated carbocycles. The molecule has 0 heterocycles. The van der Waals surface area contributed by atoms with Crippen LogP contribution in [0.4, 0.5) is 0 Å². The van der Waals surface area contributed by atoms with Crippen molar-refractivity contribution in [2.75, 3.05) is 0 Å². The average molecular weight is 207 g/mol. The molecule has 15 heavy (non-hydrogen) atoms. The second kappa shape index (κ2) is 11.3. The van der Waals surface area contributed by atoms with Gasteiger partial charge in [0.15, 0.2) is 0 Å². The molecule has 0 aromatic heterocycles. The number of rotatable bonds is 10. The first kappa shape index (κ1) is 14.2. The summed E-state index contributed by atoms with van der Waals surface area (Å²) in [5.74, 6) is 0.310. The zero-order valence-electron chi connectivity index (χ0n) is 10.2. The Hall–Kier alpha value is -0.770. The fourth-order valence-electron chi connectivity index (χ4n) is 1.76. The Morgan fingerprint density at radius 3 is 2.40 bits per heavy atom. The lowest BCUT2D eigenvalue weighted by Gasteiger charge is -2.07. The van der Waals surface area contributed by atoms with Crippen LogP contribution >= 0.6 is 0 Å². The van der Waals surface area contributed by atoms with Crippen LogP contribution < -0.4 is 0 Å². The first-order valence-electron chi connectivity index (χ1n) is 6.35. The van der Waals surface area contributed by atoms with E-state index in [2.05, 4.69) is 19.6 Å². The molecule has 0 spiro atoms. The number of hydrogen-bond donors (Lipinski definition) is 0. The Morgan fingerprint density at radius 1 is 1.13 bits per heavy atom. The predicted octanol–water partition coefficient (Wildman–Crippen LogP) is 4.84. The third-order valence-electron chi connectivity index (χ3n) is 2.80. The number of allylic oxidation sites excluding steroid dienone is 1. The molecule has 0 amide bonds. The lowest BCUT2D eigenvalue weighted by atomic mass is 9.96. The highest BCUT2D eigenvalue weighted by Crippen LogP contribution is 2.16. The van der Waals surface area contributed by atoms with Crippen LogP contribution in [0.25, 0.3) is 0 Å². The molecule has 0 aliphatic rings. The van der Waals surface area contributed by atoms with Gasteiger partial charge in [0.05, 0.1) is 6.07 Å². The molecule has 86 valence electrons. The van der Waals surface area contributed by atoms with Gasteiger partial charge in [0, 0.05) is 5.92 Å². The number of nitriles is 1. The van der Waals surface area contributed by atoms with Crippen molar-refractivity contribution in [1.82, 2.24) is 0 Å². The van der Waals surface area contributed by atoms with E-state index in [0.717, 1.165) is 19.3 Å². The van der Waals surface area contributed by atoms with Crippen LogP contribution in [0.2, 0.25) is 0 Å². The largest absolute Gasteiger partial charge is 0.198 e. The molecule has 1 unspecified atom stereocenters. The van der Waals surface area contributed by atoms with Gasteiger partial charge < -0.3 is 0 Å². The predicted molar refractivity (Wildman–Crippen MR) is 66.5 cm³/mol. The van der Waals surface area contributed by atoms with Crippen molar-refractivity contribution >= 4 is 0 Å². The lowest BCUT2D eigenvalue weighted by molar-refractivity contribution is 0.490. The molecule has 1 heteroatoms. The first-order chi connectivity index (χ1) is 7.35. The quantitative estimate of drug-likeness (QED) is 0.371. The summed E-state index contributed by atoms with van der Waals surface area (Å²) in [6, 6.07) is 2.42. The summed E-state index contributed by atoms with van der Waals surface area (Å²) in [6.07, 6.45) is 12.8. The van der Waals surface area contributed by atoms with Gasteiger partial charge in [-0.1, -0.05) is 45.1 Å². The van der Waals surface area contributed by atoms with Crippen molar-refractivity contribution in [2.45, 2.75) is 64.7 Å². The highest BCUT2D eigenvalue weighted by atomic mass is 14.3. The van der Waals surface area contributed by atoms with Crippen LogP contribution in [0.15, 0.2) is 12.7 Å². The highest BCUT2D eigenvalue weighted by molar-refractivity contribution is 4.82. The van der Waals surface area contributed by atoms with Gasteiger partial charge in [0.25, 0.3) is 0 Å². The molecule has 0 rings (SSSR count). The van der Waals surface area contributed by atoms with Crippen molar-refractivity contribution in [3.8, 4) is 6.07 Å². The Kier molecular flexibility index (Phi) is 10.7. The van der Waals surface area contributed by atoms with E-state index in [1.165, 1.54) is 38.5 Å². The van der Waals surface area contributed by atoms with E-state index < -0.39 is 0 Å². The van der Waals surface area contributed by atoms with E-state index in [-0.39, 0.29) is 0 Å². The highest BCUT2D eigenvalue weighted by Gasteiger charge is 2.05. The lowest BCUT2D eigenvalue weighted by Crippen LogP contribution is -1.96. The molecular formula is C14H25N. The summed E-state index contributed by atoms with van der Waals surface area (Å²) in [7, 11) is 0. The van der Waals surface area contributed by atoms with Gasteiger partial charge in [0.1, 0.15) is 0 Å². The monoisotopic (exact) mass is 207 g/mol. The maximum Gasteiger partial charge on any atom is 0.0655 e. The molecule has 0 fully saturated rings. The molecule has 0 aliphatic heterocycles. The first-order valence-corrected chi connectivity index (χ1v) is 6.35. The summed E-state index contributed by atoms with van der Waals surface area (Å²) in [6.45, 7) is 5.89. The Morgan fingerprint density at radius 2 is 1.80 bits per heavy atom. The van der Waals surface area contributed by atoms with Gasteiger partial charge in [-0.2, -0.15) is 5.26 Å². The van der Waals surface area contributed by atoms with Crippen molar-refractivity contribution in [3.63, 3.8) is 0 Å². The van der Waals surface area contributed by atoms with Crippen LogP contribution in [0.1, 0.15) is 64.7 Å². The smallest absolute Gasteiger partial charge is 0.0655 e. The van der Waals surface area contributed by atoms with E-state index >= 15 is 0 Å². The molecule has 0 aromatic carbocycles. The number of hydrogen-bond acceptors (Lipinski definition) is 1. The molecule has 0 bridgehead atoms. The molecule has 1 atom stereocenters. The van der Waals surface area contributed by atoms with Crippen LogP contribution in [0, 0.1) is 17.2 Å². The van der Waals surface area contributed by atoms with Crippen molar-refractivity contribution in [2.24, 2.45) is 5.92 Å². The molecule has 0 aromatic rings. The second-order valence-electron chi connectivity index (χ2n) is 4.25. The van der Waals surface area contributed by atoms with Gasteiger partial charge in [-0.25, -0.2) is 0 Å². The maximum atomic E-state index is 8.93. The molecular weight excluding hydrogens is 182 g/mol. The average Bonchev–Trinajstić information content (AvgIpc) is 2.27. The normalized spacial score (nSPS) is 12.0. The van der Waals surface area contributed by atoms with Crippen LogP contribution in [-0.4, -0.2) is 0 Å². The summed E-state index contributed by atoms with van der Waals surface area (Å²) in [5, 5.41) is 8.93. The van der Waals surface area contributed by atoms with Crippen molar-refractivity contribution < 1.29 is 0 Å². The number of nitrogens with zero attached hydrogens (tertiary/aromatic N) is 1. The van der Waals surface area contributed by atoms with Gasteiger partial charge >= 0.3 is 0 Å². The summed E-state index contributed by atoms with van der Waals surface area (Å²) < 4.78 is 0. The molecule has 0 aliphatic carbocycles. The minimum absolute atomic E-state index is 0.310. The minimum Gasteiger partial charge on any atom is -0.198 e.